The van der Waals surface area contributed by atoms with Crippen molar-refractivity contribution >= 4 is 23.7 Å². The molecule has 1 aromatic rings. The summed E-state index contributed by atoms with van der Waals surface area (Å²) in [4.78, 5) is 50.8. The highest BCUT2D eigenvalue weighted by Gasteiger charge is 2.23. The highest BCUT2D eigenvalue weighted by atomic mass is 16.5. The molecule has 1 aliphatic rings. The molecule has 1 fully saturated rings. The minimum absolute atomic E-state index is 0.117. The van der Waals surface area contributed by atoms with Gasteiger partial charge in [0.1, 0.15) is 19.2 Å². The van der Waals surface area contributed by atoms with E-state index in [2.05, 4.69) is 16.0 Å². The molecule has 0 aliphatic carbocycles. The Balaban J connectivity index is 1.73. The number of amides is 3. The Morgan fingerprint density at radius 1 is 1.00 bits per heavy atom. The molecule has 10 nitrogen and oxygen atoms in total. The van der Waals surface area contributed by atoms with Crippen LogP contribution in [0.4, 0.5) is 0 Å². The molecular weight excluding hydrogens is 428 g/mol. The maximum absolute atomic E-state index is 12.6. The van der Waals surface area contributed by atoms with E-state index in [1.54, 1.807) is 0 Å². The van der Waals surface area contributed by atoms with Crippen LogP contribution in [0.15, 0.2) is 30.3 Å². The van der Waals surface area contributed by atoms with Crippen molar-refractivity contribution in [3.05, 3.63) is 35.9 Å². The number of hydrogen-bond donors (Lipinski definition) is 3. The number of hydrogen-bond acceptors (Lipinski definition) is 7. The van der Waals surface area contributed by atoms with Crippen molar-refractivity contribution in [2.24, 2.45) is 5.92 Å². The number of carbonyl (C=O) groups is 4. The Morgan fingerprint density at radius 2 is 1.70 bits per heavy atom. The van der Waals surface area contributed by atoms with Crippen LogP contribution in [0.2, 0.25) is 0 Å². The highest BCUT2D eigenvalue weighted by molar-refractivity contribution is 5.91. The van der Waals surface area contributed by atoms with Crippen LogP contribution in [0.3, 0.4) is 0 Å². The van der Waals surface area contributed by atoms with Gasteiger partial charge in [-0.05, 0) is 17.9 Å². The average Bonchev–Trinajstić information content (AvgIpc) is 2.80. The van der Waals surface area contributed by atoms with E-state index in [9.17, 15) is 19.2 Å². The third-order valence-electron chi connectivity index (χ3n) is 4.93. The van der Waals surface area contributed by atoms with Gasteiger partial charge in [-0.1, -0.05) is 44.2 Å². The lowest BCUT2D eigenvalue weighted by atomic mass is 10.0. The number of nitrogens with zero attached hydrogens (tertiary/aromatic N) is 1. The topological polar surface area (TPSA) is 126 Å². The smallest absolute Gasteiger partial charge is 0.325 e. The first-order valence-corrected chi connectivity index (χ1v) is 11.2. The number of morpholine rings is 1. The van der Waals surface area contributed by atoms with Crippen molar-refractivity contribution < 1.29 is 28.7 Å². The molecule has 0 saturated carbocycles. The summed E-state index contributed by atoms with van der Waals surface area (Å²) in [5.41, 5.74) is 0.845. The lowest BCUT2D eigenvalue weighted by Gasteiger charge is -2.25. The second kappa shape index (κ2) is 14.2. The van der Waals surface area contributed by atoms with Crippen molar-refractivity contribution in [2.75, 3.05) is 45.9 Å². The molecule has 1 saturated heterocycles. The first-order chi connectivity index (χ1) is 15.8. The van der Waals surface area contributed by atoms with Crippen LogP contribution < -0.4 is 16.0 Å². The highest BCUT2D eigenvalue weighted by Crippen LogP contribution is 2.05. The molecule has 182 valence electrons. The van der Waals surface area contributed by atoms with Crippen LogP contribution in [0.25, 0.3) is 0 Å². The predicted molar refractivity (Wildman–Crippen MR) is 121 cm³/mol. The van der Waals surface area contributed by atoms with Gasteiger partial charge in [0.15, 0.2) is 0 Å². The number of nitrogens with one attached hydrogen (secondary N) is 3. The van der Waals surface area contributed by atoms with Gasteiger partial charge in [-0.15, -0.1) is 0 Å². The molecule has 0 bridgehead atoms. The van der Waals surface area contributed by atoms with E-state index in [0.717, 1.165) is 5.56 Å². The molecule has 1 aliphatic heterocycles. The largest absolute Gasteiger partial charge is 0.460 e. The molecular formula is C23H34N4O6. The van der Waals surface area contributed by atoms with Crippen LogP contribution in [0.5, 0.6) is 0 Å². The standard InChI is InChI=1S/C23H34N4O6/c1-17(2)12-19(23(31)25-14-22(30)33-16-18-6-4-3-5-7-18)26-20(28)13-24-21(29)15-27-8-10-32-11-9-27/h3-7,17,19H,8-16H2,1-2H3,(H,24,29)(H,25,31)(H,26,28)/t19-/m0/s1. The molecule has 3 N–H and O–H groups in total. The fraction of sp³-hybridized carbons (Fsp3) is 0.565. The van der Waals surface area contributed by atoms with Gasteiger partial charge in [-0.3, -0.25) is 24.1 Å². The number of rotatable bonds is 12. The second-order valence-electron chi connectivity index (χ2n) is 8.28. The van der Waals surface area contributed by atoms with E-state index in [0.29, 0.717) is 32.7 Å². The summed E-state index contributed by atoms with van der Waals surface area (Å²) in [5.74, 6) is -1.66. The third kappa shape index (κ3) is 10.9. The van der Waals surface area contributed by atoms with Crippen molar-refractivity contribution in [2.45, 2.75) is 32.9 Å². The lowest BCUT2D eigenvalue weighted by Crippen LogP contribution is -2.51. The predicted octanol–water partition coefficient (Wildman–Crippen LogP) is -0.175. The summed E-state index contributed by atoms with van der Waals surface area (Å²) >= 11 is 0. The first kappa shape index (κ1) is 26.3. The number of ether oxygens (including phenoxy) is 2. The Morgan fingerprint density at radius 3 is 2.36 bits per heavy atom. The van der Waals surface area contributed by atoms with E-state index >= 15 is 0 Å². The van der Waals surface area contributed by atoms with Crippen LogP contribution in [0, 0.1) is 5.92 Å². The molecule has 0 spiro atoms. The number of carbonyl (C=O) groups excluding carboxylic acids is 4. The molecule has 1 aromatic carbocycles. The molecule has 2 rings (SSSR count). The maximum Gasteiger partial charge on any atom is 0.325 e. The summed E-state index contributed by atoms with van der Waals surface area (Å²) in [6.45, 7) is 6.13. The van der Waals surface area contributed by atoms with Gasteiger partial charge in [0, 0.05) is 13.1 Å². The Kier molecular flexibility index (Phi) is 11.3. The van der Waals surface area contributed by atoms with Crippen LogP contribution >= 0.6 is 0 Å². The van der Waals surface area contributed by atoms with Crippen LogP contribution in [-0.2, 0) is 35.3 Å². The fourth-order valence-corrected chi connectivity index (χ4v) is 3.22. The summed E-state index contributed by atoms with van der Waals surface area (Å²) < 4.78 is 10.4. The molecule has 33 heavy (non-hydrogen) atoms. The van der Waals surface area contributed by atoms with Crippen molar-refractivity contribution in [1.82, 2.24) is 20.9 Å². The quantitative estimate of drug-likeness (QED) is 0.368. The summed E-state index contributed by atoms with van der Waals surface area (Å²) in [6, 6.07) is 8.39. The first-order valence-electron chi connectivity index (χ1n) is 11.2. The summed E-state index contributed by atoms with van der Waals surface area (Å²) in [7, 11) is 0. The van der Waals surface area contributed by atoms with Crippen molar-refractivity contribution in [1.29, 1.82) is 0 Å². The Bertz CT molecular complexity index is 780. The fourth-order valence-electron chi connectivity index (χ4n) is 3.22. The maximum atomic E-state index is 12.6. The van der Waals surface area contributed by atoms with Gasteiger partial charge in [0.2, 0.25) is 17.7 Å². The molecule has 0 radical (unpaired) electrons. The number of benzene rings is 1. The van der Waals surface area contributed by atoms with Gasteiger partial charge in [-0.2, -0.15) is 0 Å². The van der Waals surface area contributed by atoms with Crippen LogP contribution in [0.1, 0.15) is 25.8 Å². The molecule has 3 amide bonds. The normalized spacial score (nSPS) is 14.9. The van der Waals surface area contributed by atoms with Gasteiger partial charge < -0.3 is 25.4 Å². The molecule has 0 aromatic heterocycles. The summed E-state index contributed by atoms with van der Waals surface area (Å²) in [6.07, 6.45) is 0.387. The Hall–Kier alpha value is -2.98. The van der Waals surface area contributed by atoms with Crippen molar-refractivity contribution in [3.8, 4) is 0 Å². The molecule has 10 heteroatoms. The Labute approximate surface area is 194 Å². The second-order valence-corrected chi connectivity index (χ2v) is 8.28. The summed E-state index contributed by atoms with van der Waals surface area (Å²) in [5, 5.41) is 7.72. The monoisotopic (exact) mass is 462 g/mol. The van der Waals surface area contributed by atoms with Crippen molar-refractivity contribution in [3.63, 3.8) is 0 Å². The molecule has 1 heterocycles. The SMILES string of the molecule is CC(C)C[C@H](NC(=O)CNC(=O)CN1CCOCC1)C(=O)NCC(=O)OCc1ccccc1. The van der Waals surface area contributed by atoms with E-state index in [-0.39, 0.29) is 38.1 Å². The van der Waals surface area contributed by atoms with Gasteiger partial charge in [-0.25, -0.2) is 0 Å². The van der Waals surface area contributed by atoms with Crippen LogP contribution in [-0.4, -0.2) is 80.6 Å². The molecule has 1 atom stereocenters. The zero-order chi connectivity index (χ0) is 24.1. The van der Waals surface area contributed by atoms with E-state index < -0.39 is 23.8 Å². The average molecular weight is 463 g/mol. The minimum Gasteiger partial charge on any atom is -0.460 e. The molecule has 0 unspecified atom stereocenters. The zero-order valence-electron chi connectivity index (χ0n) is 19.3. The van der Waals surface area contributed by atoms with E-state index in [4.69, 9.17) is 9.47 Å². The van der Waals surface area contributed by atoms with Gasteiger partial charge in [0.05, 0.1) is 26.3 Å². The lowest BCUT2D eigenvalue weighted by molar-refractivity contribution is -0.145. The number of esters is 1. The van der Waals surface area contributed by atoms with Gasteiger partial charge in [0.25, 0.3) is 0 Å². The zero-order valence-corrected chi connectivity index (χ0v) is 19.3. The minimum atomic E-state index is -0.824. The van der Waals surface area contributed by atoms with E-state index in [1.165, 1.54) is 0 Å². The third-order valence-corrected chi connectivity index (χ3v) is 4.93. The van der Waals surface area contributed by atoms with E-state index in [1.807, 2.05) is 49.1 Å². The van der Waals surface area contributed by atoms with Gasteiger partial charge >= 0.3 is 5.97 Å².